The van der Waals surface area contributed by atoms with Crippen LogP contribution in [-0.4, -0.2) is 20.7 Å². The fourth-order valence-electron chi connectivity index (χ4n) is 2.17. The highest BCUT2D eigenvalue weighted by molar-refractivity contribution is 7.12. The van der Waals surface area contributed by atoms with Gasteiger partial charge in [0.15, 0.2) is 0 Å². The highest BCUT2D eigenvalue weighted by Crippen LogP contribution is 2.26. The molecule has 0 saturated carbocycles. The van der Waals surface area contributed by atoms with Crippen molar-refractivity contribution < 1.29 is 9.18 Å². The maximum absolute atomic E-state index is 13.0. The first-order valence-corrected chi connectivity index (χ1v) is 8.17. The van der Waals surface area contributed by atoms with Gasteiger partial charge in [-0.05, 0) is 44.2 Å². The summed E-state index contributed by atoms with van der Waals surface area (Å²) in [5, 5.41) is 9.66. The van der Waals surface area contributed by atoms with Crippen LogP contribution in [0.5, 0.6) is 0 Å². The van der Waals surface area contributed by atoms with Gasteiger partial charge in [-0.25, -0.2) is 9.37 Å². The lowest BCUT2D eigenvalue weighted by Crippen LogP contribution is -2.12. The number of carbonyl (C=O) groups excluding carboxylic acids is 1. The molecule has 0 bridgehead atoms. The second-order valence-electron chi connectivity index (χ2n) is 5.09. The van der Waals surface area contributed by atoms with E-state index in [1.54, 1.807) is 35.9 Å². The van der Waals surface area contributed by atoms with Crippen LogP contribution in [0.3, 0.4) is 0 Å². The minimum absolute atomic E-state index is 0.228. The van der Waals surface area contributed by atoms with Crippen LogP contribution in [0, 0.1) is 12.7 Å². The van der Waals surface area contributed by atoms with Gasteiger partial charge in [0, 0.05) is 17.0 Å². The number of hydrogen-bond acceptors (Lipinski definition) is 4. The maximum atomic E-state index is 13.0. The van der Waals surface area contributed by atoms with E-state index in [2.05, 4.69) is 15.4 Å². The lowest BCUT2D eigenvalue weighted by atomic mass is 10.2. The Balaban J connectivity index is 1.92. The summed E-state index contributed by atoms with van der Waals surface area (Å²) in [7, 11) is 0. The number of allylic oxidation sites excluding steroid dienone is 1. The van der Waals surface area contributed by atoms with Crippen LogP contribution >= 0.6 is 11.3 Å². The number of anilines is 1. The van der Waals surface area contributed by atoms with Crippen LogP contribution in [0.2, 0.25) is 0 Å². The standard InChI is InChI=1S/C17H15FN4OS/c1-3-4-16(23)20-15-9-11(2)21-22(15)17-19-14(10-24-17)12-5-7-13(18)8-6-12/h3-10H,1-2H3,(H,20,23)/b4-3+. The molecule has 0 aliphatic rings. The van der Waals surface area contributed by atoms with E-state index in [0.717, 1.165) is 17.0 Å². The SMILES string of the molecule is C/C=C/C(=O)Nc1cc(C)nn1-c1nc(-c2ccc(F)cc2)cs1. The molecular formula is C17H15FN4OS. The minimum Gasteiger partial charge on any atom is -0.307 e. The van der Waals surface area contributed by atoms with E-state index in [9.17, 15) is 9.18 Å². The zero-order valence-corrected chi connectivity index (χ0v) is 14.0. The van der Waals surface area contributed by atoms with Gasteiger partial charge < -0.3 is 5.32 Å². The van der Waals surface area contributed by atoms with Gasteiger partial charge in [-0.3, -0.25) is 4.79 Å². The third-order valence-corrected chi connectivity index (χ3v) is 4.03. The summed E-state index contributed by atoms with van der Waals surface area (Å²) in [5.74, 6) is 0.0375. The topological polar surface area (TPSA) is 59.8 Å². The van der Waals surface area contributed by atoms with Crippen molar-refractivity contribution in [2.75, 3.05) is 5.32 Å². The molecule has 0 saturated heterocycles. The Bertz CT molecular complexity index is 896. The predicted molar refractivity (Wildman–Crippen MR) is 92.8 cm³/mol. The predicted octanol–water partition coefficient (Wildman–Crippen LogP) is 3.96. The van der Waals surface area contributed by atoms with E-state index in [1.165, 1.54) is 29.5 Å². The molecule has 0 atom stereocenters. The van der Waals surface area contributed by atoms with Crippen LogP contribution in [-0.2, 0) is 4.79 Å². The van der Waals surface area contributed by atoms with Gasteiger partial charge >= 0.3 is 0 Å². The summed E-state index contributed by atoms with van der Waals surface area (Å²) in [4.78, 5) is 16.3. The maximum Gasteiger partial charge on any atom is 0.249 e. The number of amides is 1. The second kappa shape index (κ2) is 6.76. The Morgan fingerprint density at radius 2 is 2.08 bits per heavy atom. The number of halogens is 1. The van der Waals surface area contributed by atoms with E-state index in [0.29, 0.717) is 10.9 Å². The summed E-state index contributed by atoms with van der Waals surface area (Å²) in [6.07, 6.45) is 3.11. The molecule has 0 aliphatic heterocycles. The van der Waals surface area contributed by atoms with Gasteiger partial charge in [-0.2, -0.15) is 9.78 Å². The molecule has 7 heteroatoms. The smallest absolute Gasteiger partial charge is 0.249 e. The number of thiazole rings is 1. The summed E-state index contributed by atoms with van der Waals surface area (Å²) in [6, 6.07) is 7.93. The summed E-state index contributed by atoms with van der Waals surface area (Å²) >= 11 is 1.40. The monoisotopic (exact) mass is 342 g/mol. The number of nitrogens with zero attached hydrogens (tertiary/aromatic N) is 3. The molecule has 2 heterocycles. The molecule has 24 heavy (non-hydrogen) atoms. The molecule has 5 nitrogen and oxygen atoms in total. The third-order valence-electron chi connectivity index (χ3n) is 3.21. The van der Waals surface area contributed by atoms with Crippen LogP contribution in [0.1, 0.15) is 12.6 Å². The first-order chi connectivity index (χ1) is 11.6. The quantitative estimate of drug-likeness (QED) is 0.730. The second-order valence-corrected chi connectivity index (χ2v) is 5.93. The molecule has 2 aromatic heterocycles. The number of aromatic nitrogens is 3. The zero-order chi connectivity index (χ0) is 17.1. The normalized spacial score (nSPS) is 11.1. The van der Waals surface area contributed by atoms with Gasteiger partial charge in [0.25, 0.3) is 0 Å². The molecule has 0 radical (unpaired) electrons. The Kier molecular flexibility index (Phi) is 4.52. The van der Waals surface area contributed by atoms with E-state index in [-0.39, 0.29) is 11.7 Å². The van der Waals surface area contributed by atoms with Gasteiger partial charge in [-0.1, -0.05) is 6.08 Å². The van der Waals surface area contributed by atoms with Crippen LogP contribution in [0.15, 0.2) is 47.9 Å². The number of aryl methyl sites for hydroxylation is 1. The van der Waals surface area contributed by atoms with E-state index in [4.69, 9.17) is 0 Å². The molecule has 1 N–H and O–H groups in total. The highest BCUT2D eigenvalue weighted by atomic mass is 32.1. The average molecular weight is 342 g/mol. The molecule has 0 aliphatic carbocycles. The van der Waals surface area contributed by atoms with Crippen LogP contribution < -0.4 is 5.32 Å². The first kappa shape index (κ1) is 16.1. The third kappa shape index (κ3) is 3.41. The largest absolute Gasteiger partial charge is 0.307 e. The van der Waals surface area contributed by atoms with Gasteiger partial charge in [0.2, 0.25) is 11.0 Å². The Morgan fingerprint density at radius 3 is 2.79 bits per heavy atom. The van der Waals surface area contributed by atoms with Crippen molar-refractivity contribution in [1.82, 2.24) is 14.8 Å². The molecule has 3 rings (SSSR count). The number of rotatable bonds is 4. The lowest BCUT2D eigenvalue weighted by Gasteiger charge is -2.04. The number of hydrogen-bond donors (Lipinski definition) is 1. The van der Waals surface area contributed by atoms with Gasteiger partial charge in [-0.15, -0.1) is 11.3 Å². The van der Waals surface area contributed by atoms with Crippen molar-refractivity contribution in [1.29, 1.82) is 0 Å². The van der Waals surface area contributed by atoms with Crippen molar-refractivity contribution >= 4 is 23.1 Å². The zero-order valence-electron chi connectivity index (χ0n) is 13.2. The molecule has 122 valence electrons. The van der Waals surface area contributed by atoms with Crippen molar-refractivity contribution in [3.05, 3.63) is 59.4 Å². The molecule has 1 aromatic carbocycles. The molecule has 0 fully saturated rings. The summed E-state index contributed by atoms with van der Waals surface area (Å²) < 4.78 is 14.6. The van der Waals surface area contributed by atoms with Crippen LogP contribution in [0.4, 0.5) is 10.2 Å². The highest BCUT2D eigenvalue weighted by Gasteiger charge is 2.13. The fourth-order valence-corrected chi connectivity index (χ4v) is 2.96. The first-order valence-electron chi connectivity index (χ1n) is 7.29. The number of nitrogens with one attached hydrogen (secondary N) is 1. The molecule has 3 aromatic rings. The van der Waals surface area contributed by atoms with Crippen molar-refractivity contribution in [2.45, 2.75) is 13.8 Å². The summed E-state index contributed by atoms with van der Waals surface area (Å²) in [6.45, 7) is 3.62. The van der Waals surface area contributed by atoms with Gasteiger partial charge in [0.05, 0.1) is 11.4 Å². The van der Waals surface area contributed by atoms with E-state index in [1.807, 2.05) is 12.3 Å². The van der Waals surface area contributed by atoms with E-state index < -0.39 is 0 Å². The fraction of sp³-hybridized carbons (Fsp3) is 0.118. The Labute approximate surface area is 142 Å². The number of carbonyl (C=O) groups is 1. The molecule has 0 spiro atoms. The van der Waals surface area contributed by atoms with Crippen molar-refractivity contribution in [3.63, 3.8) is 0 Å². The van der Waals surface area contributed by atoms with E-state index >= 15 is 0 Å². The molecular weight excluding hydrogens is 327 g/mol. The average Bonchev–Trinajstić information content (AvgIpc) is 3.15. The Hall–Kier alpha value is -2.80. The van der Waals surface area contributed by atoms with Gasteiger partial charge in [0.1, 0.15) is 11.6 Å². The van der Waals surface area contributed by atoms with Crippen molar-refractivity contribution in [3.8, 4) is 16.4 Å². The Morgan fingerprint density at radius 1 is 1.33 bits per heavy atom. The van der Waals surface area contributed by atoms with Crippen molar-refractivity contribution in [2.24, 2.45) is 0 Å². The lowest BCUT2D eigenvalue weighted by molar-refractivity contribution is -0.111. The molecule has 1 amide bonds. The minimum atomic E-state index is -0.286. The number of benzene rings is 1. The van der Waals surface area contributed by atoms with Crippen LogP contribution in [0.25, 0.3) is 16.4 Å². The molecule has 0 unspecified atom stereocenters. The summed E-state index contributed by atoms with van der Waals surface area (Å²) in [5.41, 5.74) is 2.32.